The molecule has 136 valence electrons. The minimum absolute atomic E-state index is 0.204. The zero-order valence-corrected chi connectivity index (χ0v) is 14.8. The molecule has 0 saturated heterocycles. The SMILES string of the molecule is Cc1cc(NC(=O)[C@H](C)N(C)C[C@@H](O)COCc2ccccc2)no1. The Labute approximate surface area is 147 Å². The first-order chi connectivity index (χ1) is 12.0. The lowest BCUT2D eigenvalue weighted by atomic mass is 10.2. The fraction of sp³-hybridized carbons (Fsp3) is 0.444. The van der Waals surface area contributed by atoms with Crippen LogP contribution in [0.15, 0.2) is 40.9 Å². The lowest BCUT2D eigenvalue weighted by Gasteiger charge is -2.25. The van der Waals surface area contributed by atoms with Gasteiger partial charge in [-0.25, -0.2) is 0 Å². The third-order valence-corrected chi connectivity index (χ3v) is 3.84. The van der Waals surface area contributed by atoms with E-state index in [4.69, 9.17) is 9.26 Å². The summed E-state index contributed by atoms with van der Waals surface area (Å²) in [5.74, 6) is 0.796. The number of amides is 1. The van der Waals surface area contributed by atoms with Crippen molar-refractivity contribution in [2.45, 2.75) is 32.6 Å². The molecule has 7 nitrogen and oxygen atoms in total. The van der Waals surface area contributed by atoms with Gasteiger partial charge in [-0.2, -0.15) is 0 Å². The van der Waals surface area contributed by atoms with Crippen LogP contribution in [0.5, 0.6) is 0 Å². The van der Waals surface area contributed by atoms with Crippen LogP contribution in [0, 0.1) is 6.92 Å². The summed E-state index contributed by atoms with van der Waals surface area (Å²) >= 11 is 0. The second kappa shape index (κ2) is 9.31. The van der Waals surface area contributed by atoms with Crippen LogP contribution < -0.4 is 5.32 Å². The van der Waals surface area contributed by atoms with Gasteiger partial charge in [0.25, 0.3) is 0 Å². The van der Waals surface area contributed by atoms with Crippen molar-refractivity contribution in [2.24, 2.45) is 0 Å². The van der Waals surface area contributed by atoms with Gasteiger partial charge in [0, 0.05) is 12.6 Å². The molecule has 2 rings (SSSR count). The molecule has 0 unspecified atom stereocenters. The van der Waals surface area contributed by atoms with Gasteiger partial charge in [-0.3, -0.25) is 9.69 Å². The smallest absolute Gasteiger partial charge is 0.242 e. The van der Waals surface area contributed by atoms with E-state index in [-0.39, 0.29) is 12.5 Å². The number of benzene rings is 1. The normalized spacial score (nSPS) is 13.6. The highest BCUT2D eigenvalue weighted by molar-refractivity contribution is 5.93. The highest BCUT2D eigenvalue weighted by atomic mass is 16.5. The fourth-order valence-corrected chi connectivity index (χ4v) is 2.29. The Hall–Kier alpha value is -2.22. The van der Waals surface area contributed by atoms with Gasteiger partial charge >= 0.3 is 0 Å². The number of ether oxygens (including phenoxy) is 1. The molecule has 0 aliphatic carbocycles. The maximum Gasteiger partial charge on any atom is 0.242 e. The number of aryl methyl sites for hydroxylation is 1. The van der Waals surface area contributed by atoms with Crippen molar-refractivity contribution < 1.29 is 19.2 Å². The molecule has 0 aliphatic heterocycles. The van der Waals surface area contributed by atoms with Gasteiger partial charge in [-0.15, -0.1) is 0 Å². The number of carbonyl (C=O) groups excluding carboxylic acids is 1. The third kappa shape index (κ3) is 6.30. The molecule has 2 atom stereocenters. The van der Waals surface area contributed by atoms with E-state index >= 15 is 0 Å². The molecule has 1 aromatic carbocycles. The van der Waals surface area contributed by atoms with E-state index in [1.54, 1.807) is 31.9 Å². The number of nitrogens with one attached hydrogen (secondary N) is 1. The number of rotatable bonds is 9. The van der Waals surface area contributed by atoms with Gasteiger partial charge in [0.1, 0.15) is 5.76 Å². The lowest BCUT2D eigenvalue weighted by molar-refractivity contribution is -0.121. The Kier molecular flexibility index (Phi) is 7.12. The second-order valence-electron chi connectivity index (χ2n) is 6.08. The number of aliphatic hydroxyl groups is 1. The number of aromatic nitrogens is 1. The summed E-state index contributed by atoms with van der Waals surface area (Å²) < 4.78 is 10.4. The van der Waals surface area contributed by atoms with Crippen LogP contribution in [0.2, 0.25) is 0 Å². The molecule has 0 saturated carbocycles. The minimum atomic E-state index is -0.682. The van der Waals surface area contributed by atoms with Crippen LogP contribution in [0.4, 0.5) is 5.82 Å². The van der Waals surface area contributed by atoms with E-state index in [1.165, 1.54) is 0 Å². The summed E-state index contributed by atoms with van der Waals surface area (Å²) in [5, 5.41) is 16.5. The van der Waals surface area contributed by atoms with E-state index in [0.717, 1.165) is 5.56 Å². The Bertz CT molecular complexity index is 659. The molecular weight excluding hydrogens is 322 g/mol. The van der Waals surface area contributed by atoms with Crippen LogP contribution in [0.3, 0.4) is 0 Å². The molecule has 0 radical (unpaired) electrons. The van der Waals surface area contributed by atoms with E-state index in [9.17, 15) is 9.90 Å². The van der Waals surface area contributed by atoms with Gasteiger partial charge in [0.2, 0.25) is 5.91 Å². The first-order valence-electron chi connectivity index (χ1n) is 8.20. The van der Waals surface area contributed by atoms with Crippen molar-refractivity contribution >= 4 is 11.7 Å². The molecule has 0 spiro atoms. The Morgan fingerprint density at radius 2 is 2.12 bits per heavy atom. The van der Waals surface area contributed by atoms with Gasteiger partial charge in [0.05, 0.1) is 25.4 Å². The van der Waals surface area contributed by atoms with Crippen molar-refractivity contribution in [3.05, 3.63) is 47.7 Å². The number of hydrogen-bond donors (Lipinski definition) is 2. The Morgan fingerprint density at radius 3 is 2.76 bits per heavy atom. The topological polar surface area (TPSA) is 87.8 Å². The molecule has 1 amide bonds. The average molecular weight is 347 g/mol. The molecular formula is C18H25N3O4. The van der Waals surface area contributed by atoms with E-state index in [2.05, 4.69) is 10.5 Å². The number of aliphatic hydroxyl groups excluding tert-OH is 1. The Morgan fingerprint density at radius 1 is 1.40 bits per heavy atom. The monoisotopic (exact) mass is 347 g/mol. The highest BCUT2D eigenvalue weighted by Crippen LogP contribution is 2.09. The zero-order valence-electron chi connectivity index (χ0n) is 14.8. The highest BCUT2D eigenvalue weighted by Gasteiger charge is 2.21. The zero-order chi connectivity index (χ0) is 18.2. The van der Waals surface area contributed by atoms with Gasteiger partial charge in [-0.1, -0.05) is 35.5 Å². The van der Waals surface area contributed by atoms with E-state index < -0.39 is 12.1 Å². The number of likely N-dealkylation sites (N-methyl/N-ethyl adjacent to an activating group) is 1. The molecule has 1 aromatic heterocycles. The molecule has 2 aromatic rings. The standard InChI is InChI=1S/C18H25N3O4/c1-13-9-17(20-25-13)19-18(23)14(2)21(3)10-16(22)12-24-11-15-7-5-4-6-8-15/h4-9,14,16,22H,10-12H2,1-3H3,(H,19,20,23)/t14-,16+/m0/s1. The summed E-state index contributed by atoms with van der Waals surface area (Å²) in [6.07, 6.45) is -0.682. The van der Waals surface area contributed by atoms with Crippen molar-refractivity contribution in [3.8, 4) is 0 Å². The molecule has 1 heterocycles. The summed E-state index contributed by atoms with van der Waals surface area (Å²) in [6, 6.07) is 11.0. The van der Waals surface area contributed by atoms with Gasteiger partial charge in [-0.05, 0) is 26.5 Å². The Balaban J connectivity index is 1.71. The summed E-state index contributed by atoms with van der Waals surface area (Å²) in [6.45, 7) is 4.49. The van der Waals surface area contributed by atoms with Crippen molar-refractivity contribution in [2.75, 3.05) is 25.5 Å². The molecule has 2 N–H and O–H groups in total. The summed E-state index contributed by atoms with van der Waals surface area (Å²) in [4.78, 5) is 14.0. The quantitative estimate of drug-likeness (QED) is 0.719. The largest absolute Gasteiger partial charge is 0.389 e. The van der Waals surface area contributed by atoms with Crippen LogP contribution in [-0.2, 0) is 16.1 Å². The number of anilines is 1. The molecule has 25 heavy (non-hydrogen) atoms. The van der Waals surface area contributed by atoms with Crippen molar-refractivity contribution in [1.29, 1.82) is 0 Å². The summed E-state index contributed by atoms with van der Waals surface area (Å²) in [7, 11) is 1.78. The average Bonchev–Trinajstić information content (AvgIpc) is 2.99. The van der Waals surface area contributed by atoms with Crippen molar-refractivity contribution in [3.63, 3.8) is 0 Å². The number of carbonyl (C=O) groups is 1. The second-order valence-corrected chi connectivity index (χ2v) is 6.08. The maximum absolute atomic E-state index is 12.2. The molecule has 7 heteroatoms. The molecule has 0 aliphatic rings. The molecule has 0 bridgehead atoms. The predicted octanol–water partition coefficient (Wildman–Crippen LogP) is 1.82. The van der Waals surface area contributed by atoms with Crippen molar-refractivity contribution in [1.82, 2.24) is 10.1 Å². The predicted molar refractivity (Wildman–Crippen MR) is 94.1 cm³/mol. The van der Waals surface area contributed by atoms with E-state index in [0.29, 0.717) is 24.7 Å². The number of nitrogens with zero attached hydrogens (tertiary/aromatic N) is 2. The van der Waals surface area contributed by atoms with Crippen LogP contribution in [0.25, 0.3) is 0 Å². The van der Waals surface area contributed by atoms with Crippen LogP contribution in [-0.4, -0.2) is 53.4 Å². The number of hydrogen-bond acceptors (Lipinski definition) is 6. The fourth-order valence-electron chi connectivity index (χ4n) is 2.29. The molecule has 0 fully saturated rings. The van der Waals surface area contributed by atoms with Crippen LogP contribution >= 0.6 is 0 Å². The maximum atomic E-state index is 12.2. The first kappa shape index (κ1) is 19.1. The lowest BCUT2D eigenvalue weighted by Crippen LogP contribution is -2.44. The first-order valence-corrected chi connectivity index (χ1v) is 8.20. The van der Waals surface area contributed by atoms with Gasteiger partial charge < -0.3 is 19.7 Å². The van der Waals surface area contributed by atoms with Crippen LogP contribution in [0.1, 0.15) is 18.2 Å². The summed E-state index contributed by atoms with van der Waals surface area (Å²) in [5.41, 5.74) is 1.05. The van der Waals surface area contributed by atoms with Gasteiger partial charge in [0.15, 0.2) is 5.82 Å². The third-order valence-electron chi connectivity index (χ3n) is 3.84. The minimum Gasteiger partial charge on any atom is -0.389 e. The van der Waals surface area contributed by atoms with E-state index in [1.807, 2.05) is 30.3 Å².